The van der Waals surface area contributed by atoms with Crippen LogP contribution in [-0.4, -0.2) is 35.4 Å². The molecule has 6 heteroatoms. The molecular formula is C22H26O6. The fraction of sp³-hybridized carbons (Fsp3) is 0.409. The molecule has 1 rings (SSSR count). The summed E-state index contributed by atoms with van der Waals surface area (Å²) in [6, 6.07) is 7.06. The van der Waals surface area contributed by atoms with E-state index in [1.165, 1.54) is 6.92 Å². The molecule has 0 aliphatic heterocycles. The summed E-state index contributed by atoms with van der Waals surface area (Å²) in [6.07, 6.45) is 2.42. The summed E-state index contributed by atoms with van der Waals surface area (Å²) in [6.45, 7) is 5.06. The molecule has 0 fully saturated rings. The van der Waals surface area contributed by atoms with Crippen molar-refractivity contribution in [2.75, 3.05) is 7.11 Å². The average molecular weight is 386 g/mol. The van der Waals surface area contributed by atoms with Gasteiger partial charge >= 0.3 is 5.97 Å². The second kappa shape index (κ2) is 11.1. The fourth-order valence-electron chi connectivity index (χ4n) is 2.34. The summed E-state index contributed by atoms with van der Waals surface area (Å²) in [5.41, 5.74) is -1.36. The lowest BCUT2D eigenvalue weighted by Gasteiger charge is -2.25. The summed E-state index contributed by atoms with van der Waals surface area (Å²) in [7, 11) is 1.56. The predicted octanol–water partition coefficient (Wildman–Crippen LogP) is 3.33. The Kier molecular flexibility index (Phi) is 9.13. The first-order valence-corrected chi connectivity index (χ1v) is 9.06. The number of hydrogen-bond acceptors (Lipinski definition) is 5. The standard InChI is InChI=1S/C22H26O6/c1-5-7-8-9-19(23)18(21(25)26)14-22(3,20(24)6-2)28-15-16-10-12-17(27-4)13-11-16/h10-14H,5-7,15H2,1-4H3,(H,25,26)/b18-14-/t22-/m0/s1. The molecule has 6 nitrogen and oxygen atoms in total. The largest absolute Gasteiger partial charge is 0.497 e. The van der Waals surface area contributed by atoms with E-state index in [-0.39, 0.29) is 18.8 Å². The highest BCUT2D eigenvalue weighted by molar-refractivity contribution is 6.24. The monoisotopic (exact) mass is 386 g/mol. The Balaban J connectivity index is 3.15. The molecule has 1 atom stereocenters. The molecule has 0 heterocycles. The van der Waals surface area contributed by atoms with Gasteiger partial charge in [0.05, 0.1) is 13.7 Å². The number of aliphatic carboxylic acids is 1. The van der Waals surface area contributed by atoms with Crippen molar-refractivity contribution in [1.29, 1.82) is 0 Å². The first-order valence-electron chi connectivity index (χ1n) is 9.06. The average Bonchev–Trinajstić information content (AvgIpc) is 2.70. The van der Waals surface area contributed by atoms with Gasteiger partial charge in [-0.05, 0) is 43.0 Å². The minimum Gasteiger partial charge on any atom is -0.497 e. The second-order valence-corrected chi connectivity index (χ2v) is 6.26. The molecule has 0 amide bonds. The lowest BCUT2D eigenvalue weighted by atomic mass is 9.94. The van der Waals surface area contributed by atoms with Crippen LogP contribution in [0.15, 0.2) is 35.9 Å². The Bertz CT molecular complexity index is 795. The van der Waals surface area contributed by atoms with E-state index in [4.69, 9.17) is 9.47 Å². The maximum atomic E-state index is 12.5. The zero-order chi connectivity index (χ0) is 21.2. The fourth-order valence-corrected chi connectivity index (χ4v) is 2.34. The summed E-state index contributed by atoms with van der Waals surface area (Å²) in [4.78, 5) is 36.2. The normalized spacial score (nSPS) is 13.1. The van der Waals surface area contributed by atoms with E-state index in [9.17, 15) is 19.5 Å². The number of ether oxygens (including phenoxy) is 2. The molecule has 0 spiro atoms. The summed E-state index contributed by atoms with van der Waals surface area (Å²) >= 11 is 0. The molecule has 0 saturated heterocycles. The van der Waals surface area contributed by atoms with Gasteiger partial charge in [-0.3, -0.25) is 9.59 Å². The van der Waals surface area contributed by atoms with Crippen LogP contribution in [0.2, 0.25) is 0 Å². The van der Waals surface area contributed by atoms with Crippen molar-refractivity contribution in [2.24, 2.45) is 0 Å². The Labute approximate surface area is 165 Å². The van der Waals surface area contributed by atoms with Crippen LogP contribution in [0.1, 0.15) is 45.6 Å². The number of benzene rings is 1. The van der Waals surface area contributed by atoms with Crippen LogP contribution >= 0.6 is 0 Å². The number of carbonyl (C=O) groups excluding carboxylic acids is 2. The van der Waals surface area contributed by atoms with Gasteiger partial charge in [-0.15, -0.1) is 0 Å². The first kappa shape index (κ1) is 23.1. The van der Waals surface area contributed by atoms with Crippen molar-refractivity contribution in [3.8, 4) is 17.6 Å². The number of carbonyl (C=O) groups is 3. The van der Waals surface area contributed by atoms with Crippen LogP contribution < -0.4 is 4.74 Å². The number of carboxylic acids is 1. The molecule has 1 aromatic rings. The summed E-state index contributed by atoms with van der Waals surface area (Å²) in [5, 5.41) is 9.42. The third-order valence-electron chi connectivity index (χ3n) is 4.04. The van der Waals surface area contributed by atoms with Crippen LogP contribution in [-0.2, 0) is 25.7 Å². The van der Waals surface area contributed by atoms with E-state index in [2.05, 4.69) is 11.8 Å². The van der Waals surface area contributed by atoms with Gasteiger partial charge < -0.3 is 14.6 Å². The van der Waals surface area contributed by atoms with E-state index < -0.39 is 22.9 Å². The maximum absolute atomic E-state index is 12.5. The van der Waals surface area contributed by atoms with Crippen LogP contribution in [0.3, 0.4) is 0 Å². The number of ketones is 2. The van der Waals surface area contributed by atoms with Crippen molar-refractivity contribution >= 4 is 17.5 Å². The van der Waals surface area contributed by atoms with E-state index in [0.717, 1.165) is 18.1 Å². The number of methoxy groups -OCH3 is 1. The Morgan fingerprint density at radius 2 is 1.82 bits per heavy atom. The lowest BCUT2D eigenvalue weighted by molar-refractivity contribution is -0.138. The summed E-state index contributed by atoms with van der Waals surface area (Å²) < 4.78 is 10.9. The summed E-state index contributed by atoms with van der Waals surface area (Å²) in [5.74, 6) is 2.99. The van der Waals surface area contributed by atoms with Crippen molar-refractivity contribution in [3.05, 3.63) is 41.5 Å². The van der Waals surface area contributed by atoms with Gasteiger partial charge in [0.1, 0.15) is 16.9 Å². The maximum Gasteiger partial charge on any atom is 0.340 e. The molecule has 0 saturated carbocycles. The van der Waals surface area contributed by atoms with Crippen LogP contribution in [0.4, 0.5) is 0 Å². The van der Waals surface area contributed by atoms with Gasteiger partial charge in [0, 0.05) is 12.8 Å². The minimum atomic E-state index is -1.56. The number of hydrogen-bond donors (Lipinski definition) is 1. The molecule has 1 aromatic carbocycles. The van der Waals surface area contributed by atoms with Crippen LogP contribution in [0.25, 0.3) is 0 Å². The van der Waals surface area contributed by atoms with Crippen molar-refractivity contribution < 1.29 is 29.0 Å². The lowest BCUT2D eigenvalue weighted by Crippen LogP contribution is -2.37. The zero-order valence-electron chi connectivity index (χ0n) is 16.7. The smallest absolute Gasteiger partial charge is 0.340 e. The van der Waals surface area contributed by atoms with E-state index >= 15 is 0 Å². The molecule has 150 valence electrons. The highest BCUT2D eigenvalue weighted by atomic mass is 16.5. The molecule has 0 aromatic heterocycles. The molecule has 0 aliphatic carbocycles. The zero-order valence-corrected chi connectivity index (χ0v) is 16.7. The quantitative estimate of drug-likeness (QED) is 0.218. The van der Waals surface area contributed by atoms with Crippen LogP contribution in [0.5, 0.6) is 5.75 Å². The molecule has 28 heavy (non-hydrogen) atoms. The topological polar surface area (TPSA) is 89.9 Å². The van der Waals surface area contributed by atoms with Gasteiger partial charge in [0.25, 0.3) is 0 Å². The van der Waals surface area contributed by atoms with E-state index in [0.29, 0.717) is 12.2 Å². The second-order valence-electron chi connectivity index (χ2n) is 6.26. The number of Topliss-reactive ketones (excluding diaryl/α,β-unsaturated/α-hetero) is 2. The molecular weight excluding hydrogens is 360 g/mol. The number of rotatable bonds is 10. The van der Waals surface area contributed by atoms with Gasteiger partial charge in [-0.2, -0.15) is 0 Å². The number of unbranched alkanes of at least 4 members (excludes halogenated alkanes) is 1. The van der Waals surface area contributed by atoms with Gasteiger partial charge in [0.15, 0.2) is 5.78 Å². The molecule has 0 aliphatic rings. The Hall–Kier alpha value is -2.91. The van der Waals surface area contributed by atoms with Gasteiger partial charge in [-0.25, -0.2) is 4.79 Å². The van der Waals surface area contributed by atoms with Crippen molar-refractivity contribution in [1.82, 2.24) is 0 Å². The Morgan fingerprint density at radius 1 is 1.18 bits per heavy atom. The van der Waals surface area contributed by atoms with Gasteiger partial charge in [0.2, 0.25) is 5.78 Å². The van der Waals surface area contributed by atoms with E-state index in [1.54, 1.807) is 38.3 Å². The Morgan fingerprint density at radius 3 is 2.32 bits per heavy atom. The molecule has 0 radical (unpaired) electrons. The first-order chi connectivity index (χ1) is 13.3. The third-order valence-corrected chi connectivity index (χ3v) is 4.04. The predicted molar refractivity (Wildman–Crippen MR) is 105 cm³/mol. The molecule has 0 unspecified atom stereocenters. The highest BCUT2D eigenvalue weighted by Gasteiger charge is 2.33. The number of carboxylic acid groups (broad SMARTS) is 1. The molecule has 0 bridgehead atoms. The van der Waals surface area contributed by atoms with Crippen LogP contribution in [0, 0.1) is 11.8 Å². The van der Waals surface area contributed by atoms with Gasteiger partial charge in [-0.1, -0.05) is 31.9 Å². The van der Waals surface area contributed by atoms with Crippen molar-refractivity contribution in [3.63, 3.8) is 0 Å². The molecule has 1 N–H and O–H groups in total. The van der Waals surface area contributed by atoms with Crippen molar-refractivity contribution in [2.45, 2.75) is 52.2 Å². The SMILES string of the molecule is CCCC#CC(=O)/C(=C/[C@](C)(OCc1ccc(OC)cc1)C(=O)CC)C(=O)O. The third kappa shape index (κ3) is 6.67. The minimum absolute atomic E-state index is 0.0609. The highest BCUT2D eigenvalue weighted by Crippen LogP contribution is 2.22. The van der Waals surface area contributed by atoms with E-state index in [1.807, 2.05) is 6.92 Å².